The number of piperidine rings is 3. The van der Waals surface area contributed by atoms with E-state index >= 15 is 0 Å². The van der Waals surface area contributed by atoms with Gasteiger partial charge in [-0.2, -0.15) is 13.2 Å². The summed E-state index contributed by atoms with van der Waals surface area (Å²) in [4.78, 5) is 4.43. The number of pyridine rings is 1. The lowest BCUT2D eigenvalue weighted by molar-refractivity contribution is -0.984. The van der Waals surface area contributed by atoms with E-state index in [-0.39, 0.29) is 6.04 Å². The average Bonchev–Trinajstić information content (AvgIpc) is 2.83. The molecule has 3 aromatic rings. The van der Waals surface area contributed by atoms with Crippen molar-refractivity contribution in [3.63, 3.8) is 0 Å². The van der Waals surface area contributed by atoms with Gasteiger partial charge in [-0.05, 0) is 35.7 Å². The zero-order valence-corrected chi connectivity index (χ0v) is 18.4. The van der Waals surface area contributed by atoms with Crippen LogP contribution < -0.4 is 0 Å². The summed E-state index contributed by atoms with van der Waals surface area (Å²) < 4.78 is 39.8. The van der Waals surface area contributed by atoms with Gasteiger partial charge in [0.05, 0.1) is 24.2 Å². The number of aromatic nitrogens is 1. The number of hydrogen-bond donors (Lipinski definition) is 1. The van der Waals surface area contributed by atoms with E-state index in [2.05, 4.69) is 11.6 Å². The van der Waals surface area contributed by atoms with Gasteiger partial charge in [-0.3, -0.25) is 4.98 Å². The number of alkyl halides is 3. The normalized spacial score (nSPS) is 28.1. The van der Waals surface area contributed by atoms with Gasteiger partial charge in [0.25, 0.3) is 0 Å². The van der Waals surface area contributed by atoms with Gasteiger partial charge in [0.15, 0.2) is 0 Å². The van der Waals surface area contributed by atoms with Crippen molar-refractivity contribution in [1.29, 1.82) is 0 Å². The molecule has 1 aromatic heterocycles. The molecule has 0 saturated carbocycles. The summed E-state index contributed by atoms with van der Waals surface area (Å²) in [6.45, 7) is 6.39. The first-order valence-electron chi connectivity index (χ1n) is 11.5. The highest BCUT2D eigenvalue weighted by Crippen LogP contribution is 2.48. The van der Waals surface area contributed by atoms with E-state index in [0.29, 0.717) is 22.9 Å². The molecule has 4 heterocycles. The Morgan fingerprint density at radius 3 is 2.61 bits per heavy atom. The summed E-state index contributed by atoms with van der Waals surface area (Å²) in [5, 5.41) is 12.6. The van der Waals surface area contributed by atoms with Crippen LogP contribution in [-0.2, 0) is 12.7 Å². The molecule has 3 aliphatic rings. The SMILES string of the molecule is C=C[C@H]1C[N@+]2(Cc3ccc(C(F)(F)F)cc3)CC[C@H]1C[C@H]2[C@H](O)c1ccnc2ccccc12. The van der Waals surface area contributed by atoms with Crippen LogP contribution >= 0.6 is 0 Å². The molecule has 0 radical (unpaired) electrons. The average molecular weight is 454 g/mol. The molecule has 172 valence electrons. The fourth-order valence-corrected chi connectivity index (χ4v) is 6.13. The van der Waals surface area contributed by atoms with Gasteiger partial charge in [0.1, 0.15) is 18.7 Å². The molecule has 1 N–H and O–H groups in total. The highest BCUT2D eigenvalue weighted by Gasteiger charge is 2.54. The molecule has 0 unspecified atom stereocenters. The minimum Gasteiger partial charge on any atom is -0.382 e. The second kappa shape index (κ2) is 8.26. The van der Waals surface area contributed by atoms with Gasteiger partial charge in [-0.25, -0.2) is 0 Å². The van der Waals surface area contributed by atoms with Crippen molar-refractivity contribution >= 4 is 10.9 Å². The van der Waals surface area contributed by atoms with Gasteiger partial charge < -0.3 is 9.59 Å². The maximum atomic E-state index is 13.1. The van der Waals surface area contributed by atoms with Gasteiger partial charge >= 0.3 is 6.18 Å². The fourth-order valence-electron chi connectivity index (χ4n) is 6.13. The van der Waals surface area contributed by atoms with Gasteiger partial charge in [-0.15, -0.1) is 6.58 Å². The molecule has 0 spiro atoms. The Hall–Kier alpha value is -2.70. The number of halogens is 3. The number of para-hydroxylation sites is 1. The maximum absolute atomic E-state index is 13.1. The standard InChI is InChI=1S/C27H28F3N2O/c1-2-19-17-32(16-18-7-9-21(10-8-18)27(28,29)30)14-12-20(19)15-25(32)26(33)23-11-13-31-24-6-4-3-5-22(23)24/h2-11,13,19-20,25-26,33H,1,12,14-17H2/q+1/t19-,20-,25-,26+,32+/m0/s1. The monoisotopic (exact) mass is 453 g/mol. The van der Waals surface area contributed by atoms with E-state index in [0.717, 1.165) is 60.1 Å². The molecular weight excluding hydrogens is 425 g/mol. The molecule has 3 nitrogen and oxygen atoms in total. The zero-order chi connectivity index (χ0) is 23.2. The summed E-state index contributed by atoms with van der Waals surface area (Å²) in [5.74, 6) is 0.827. The lowest BCUT2D eigenvalue weighted by atomic mass is 9.71. The smallest absolute Gasteiger partial charge is 0.382 e. The first-order chi connectivity index (χ1) is 15.8. The number of aliphatic hydroxyl groups excluding tert-OH is 1. The third kappa shape index (κ3) is 3.96. The molecule has 3 fully saturated rings. The molecular formula is C27H28F3N2O+. The van der Waals surface area contributed by atoms with Crippen molar-refractivity contribution in [1.82, 2.24) is 4.98 Å². The third-order valence-corrected chi connectivity index (χ3v) is 7.82. The minimum absolute atomic E-state index is 0.0342. The van der Waals surface area contributed by atoms with Crippen molar-refractivity contribution in [3.8, 4) is 0 Å². The Bertz CT molecular complexity index is 1150. The predicted molar refractivity (Wildman–Crippen MR) is 122 cm³/mol. The Balaban J connectivity index is 1.51. The molecule has 3 aliphatic heterocycles. The molecule has 0 amide bonds. The summed E-state index contributed by atoms with van der Waals surface area (Å²) in [6.07, 6.45) is 0.648. The Labute approximate surface area is 191 Å². The number of benzene rings is 2. The van der Waals surface area contributed by atoms with Gasteiger partial charge in [-0.1, -0.05) is 36.4 Å². The second-order valence-corrected chi connectivity index (χ2v) is 9.59. The zero-order valence-electron chi connectivity index (χ0n) is 18.4. The fraction of sp³-hybridized carbons (Fsp3) is 0.370. The molecule has 3 saturated heterocycles. The number of aliphatic hydroxyl groups is 1. The second-order valence-electron chi connectivity index (χ2n) is 9.59. The Kier molecular flexibility index (Phi) is 5.53. The number of nitrogens with zero attached hydrogens (tertiary/aromatic N) is 2. The van der Waals surface area contributed by atoms with Crippen LogP contribution in [0.1, 0.15) is 35.6 Å². The van der Waals surface area contributed by atoms with E-state index < -0.39 is 17.8 Å². The molecule has 33 heavy (non-hydrogen) atoms. The summed E-state index contributed by atoms with van der Waals surface area (Å²) in [5.41, 5.74) is 1.96. The molecule has 5 atom stereocenters. The van der Waals surface area contributed by atoms with Crippen LogP contribution in [0.15, 0.2) is 73.4 Å². The first kappa shape index (κ1) is 22.1. The molecule has 0 aliphatic carbocycles. The van der Waals surface area contributed by atoms with Crippen LogP contribution in [-0.4, -0.2) is 33.7 Å². The summed E-state index contributed by atoms with van der Waals surface area (Å²) in [6, 6.07) is 15.2. The van der Waals surface area contributed by atoms with Crippen molar-refractivity contribution in [2.24, 2.45) is 11.8 Å². The Morgan fingerprint density at radius 2 is 1.88 bits per heavy atom. The van der Waals surface area contributed by atoms with Crippen LogP contribution in [0.25, 0.3) is 10.9 Å². The van der Waals surface area contributed by atoms with Crippen molar-refractivity contribution in [2.75, 3.05) is 13.1 Å². The van der Waals surface area contributed by atoms with Gasteiger partial charge in [0, 0.05) is 35.9 Å². The first-order valence-corrected chi connectivity index (χ1v) is 11.5. The molecule has 2 aromatic carbocycles. The lowest BCUT2D eigenvalue weighted by Gasteiger charge is -2.58. The molecule has 6 rings (SSSR count). The third-order valence-electron chi connectivity index (χ3n) is 7.82. The number of quaternary nitrogens is 1. The highest BCUT2D eigenvalue weighted by molar-refractivity contribution is 5.82. The van der Waals surface area contributed by atoms with E-state index in [1.165, 1.54) is 0 Å². The van der Waals surface area contributed by atoms with Crippen LogP contribution in [0.2, 0.25) is 0 Å². The topological polar surface area (TPSA) is 33.1 Å². The number of rotatable bonds is 5. The summed E-state index contributed by atoms with van der Waals surface area (Å²) in [7, 11) is 0. The van der Waals surface area contributed by atoms with Crippen molar-refractivity contribution in [2.45, 2.75) is 37.7 Å². The maximum Gasteiger partial charge on any atom is 0.416 e. The Morgan fingerprint density at radius 1 is 1.12 bits per heavy atom. The number of fused-ring (bicyclic) bond motifs is 4. The van der Waals surface area contributed by atoms with Crippen LogP contribution in [0.4, 0.5) is 13.2 Å². The largest absolute Gasteiger partial charge is 0.416 e. The van der Waals surface area contributed by atoms with Crippen LogP contribution in [0, 0.1) is 11.8 Å². The lowest BCUT2D eigenvalue weighted by Crippen LogP contribution is -2.67. The van der Waals surface area contributed by atoms with E-state index in [9.17, 15) is 18.3 Å². The van der Waals surface area contributed by atoms with E-state index in [1.54, 1.807) is 18.3 Å². The van der Waals surface area contributed by atoms with Crippen LogP contribution in [0.3, 0.4) is 0 Å². The summed E-state index contributed by atoms with van der Waals surface area (Å²) >= 11 is 0. The quantitative estimate of drug-likeness (QED) is 0.386. The highest BCUT2D eigenvalue weighted by atomic mass is 19.4. The van der Waals surface area contributed by atoms with Crippen molar-refractivity contribution < 1.29 is 22.8 Å². The molecule has 6 heteroatoms. The van der Waals surface area contributed by atoms with Crippen LogP contribution in [0.5, 0.6) is 0 Å². The number of hydrogen-bond acceptors (Lipinski definition) is 2. The minimum atomic E-state index is -4.34. The molecule has 2 bridgehead atoms. The van der Waals surface area contributed by atoms with E-state index in [4.69, 9.17) is 0 Å². The van der Waals surface area contributed by atoms with E-state index in [1.807, 2.05) is 36.4 Å². The van der Waals surface area contributed by atoms with Crippen molar-refractivity contribution in [3.05, 3.63) is 90.1 Å². The van der Waals surface area contributed by atoms with Gasteiger partial charge in [0.2, 0.25) is 0 Å². The predicted octanol–water partition coefficient (Wildman–Crippen LogP) is 5.90.